The van der Waals surface area contributed by atoms with Gasteiger partial charge in [-0.05, 0) is 50.8 Å². The third-order valence-corrected chi connectivity index (χ3v) is 3.22. The third-order valence-electron chi connectivity index (χ3n) is 3.22. The average Bonchev–Trinajstić information content (AvgIpc) is 2.34. The standard InChI is InChI=1S/C16H22N2O2/c1-5-6-7-12-8-11(4)14-13(9-12)18-16(17-10(2)3)20-15(14)19/h8-10H,5-7H2,1-4H3,(H,17,18). The van der Waals surface area contributed by atoms with Crippen molar-refractivity contribution in [3.05, 3.63) is 33.7 Å². The minimum atomic E-state index is -0.322. The molecule has 4 heteroatoms. The Hall–Kier alpha value is -1.84. The zero-order valence-corrected chi connectivity index (χ0v) is 12.6. The van der Waals surface area contributed by atoms with Crippen molar-refractivity contribution in [3.8, 4) is 0 Å². The summed E-state index contributed by atoms with van der Waals surface area (Å²) in [5.74, 6) is 0. The van der Waals surface area contributed by atoms with E-state index in [0.717, 1.165) is 30.3 Å². The molecule has 20 heavy (non-hydrogen) atoms. The summed E-state index contributed by atoms with van der Waals surface area (Å²) in [6.45, 7) is 8.07. The molecule has 0 unspecified atom stereocenters. The van der Waals surface area contributed by atoms with Crippen LogP contribution in [-0.2, 0) is 6.42 Å². The van der Waals surface area contributed by atoms with Crippen LogP contribution >= 0.6 is 0 Å². The summed E-state index contributed by atoms with van der Waals surface area (Å²) in [6, 6.07) is 4.53. The minimum absolute atomic E-state index is 0.174. The lowest BCUT2D eigenvalue weighted by Gasteiger charge is -2.09. The molecule has 0 aliphatic rings. The molecule has 0 saturated heterocycles. The molecule has 2 aromatic rings. The normalized spacial score (nSPS) is 11.2. The quantitative estimate of drug-likeness (QED) is 0.904. The van der Waals surface area contributed by atoms with E-state index in [4.69, 9.17) is 4.42 Å². The van der Waals surface area contributed by atoms with Crippen LogP contribution in [-0.4, -0.2) is 11.0 Å². The number of anilines is 1. The molecule has 0 amide bonds. The molecule has 1 N–H and O–H groups in total. The molecule has 0 spiro atoms. The van der Waals surface area contributed by atoms with Gasteiger partial charge in [-0.3, -0.25) is 0 Å². The van der Waals surface area contributed by atoms with Crippen LogP contribution in [0.15, 0.2) is 21.3 Å². The number of nitrogens with one attached hydrogen (secondary N) is 1. The molecule has 0 atom stereocenters. The van der Waals surface area contributed by atoms with E-state index in [-0.39, 0.29) is 11.7 Å². The number of benzene rings is 1. The van der Waals surface area contributed by atoms with Crippen molar-refractivity contribution in [1.29, 1.82) is 0 Å². The molecule has 1 aromatic heterocycles. The third kappa shape index (κ3) is 3.18. The van der Waals surface area contributed by atoms with Gasteiger partial charge in [0.2, 0.25) is 0 Å². The van der Waals surface area contributed by atoms with Gasteiger partial charge in [-0.15, -0.1) is 0 Å². The predicted octanol–water partition coefficient (Wildman–Crippen LogP) is 3.66. The van der Waals surface area contributed by atoms with E-state index in [0.29, 0.717) is 11.4 Å². The first-order valence-corrected chi connectivity index (χ1v) is 7.22. The van der Waals surface area contributed by atoms with Crippen molar-refractivity contribution < 1.29 is 4.42 Å². The Morgan fingerprint density at radius 3 is 2.75 bits per heavy atom. The Bertz CT molecular complexity index is 659. The zero-order valence-electron chi connectivity index (χ0n) is 12.6. The van der Waals surface area contributed by atoms with Gasteiger partial charge in [0.15, 0.2) is 0 Å². The maximum absolute atomic E-state index is 12.1. The molecule has 4 nitrogen and oxygen atoms in total. The molecule has 0 bridgehead atoms. The van der Waals surface area contributed by atoms with Gasteiger partial charge in [0, 0.05) is 6.04 Å². The van der Waals surface area contributed by atoms with E-state index >= 15 is 0 Å². The summed E-state index contributed by atoms with van der Waals surface area (Å²) in [7, 11) is 0. The van der Waals surface area contributed by atoms with E-state index in [1.165, 1.54) is 5.56 Å². The van der Waals surface area contributed by atoms with Crippen LogP contribution in [0.25, 0.3) is 10.9 Å². The molecule has 0 aliphatic heterocycles. The van der Waals surface area contributed by atoms with Gasteiger partial charge < -0.3 is 9.73 Å². The maximum atomic E-state index is 12.1. The SMILES string of the molecule is CCCCc1cc(C)c2c(=O)oc(NC(C)C)nc2c1. The van der Waals surface area contributed by atoms with Crippen LogP contribution in [0.1, 0.15) is 44.7 Å². The number of aromatic nitrogens is 1. The molecule has 1 aromatic carbocycles. The molecule has 0 radical (unpaired) electrons. The lowest BCUT2D eigenvalue weighted by Crippen LogP contribution is -2.14. The number of nitrogens with zero attached hydrogens (tertiary/aromatic N) is 1. The highest BCUT2D eigenvalue weighted by atomic mass is 16.4. The Morgan fingerprint density at radius 1 is 1.35 bits per heavy atom. The van der Waals surface area contributed by atoms with Gasteiger partial charge >= 0.3 is 5.63 Å². The highest BCUT2D eigenvalue weighted by Gasteiger charge is 2.11. The Morgan fingerprint density at radius 2 is 2.10 bits per heavy atom. The van der Waals surface area contributed by atoms with Gasteiger partial charge in [-0.2, -0.15) is 4.98 Å². The number of fused-ring (bicyclic) bond motifs is 1. The number of rotatable bonds is 5. The fraction of sp³-hybridized carbons (Fsp3) is 0.500. The largest absolute Gasteiger partial charge is 0.389 e. The minimum Gasteiger partial charge on any atom is -0.389 e. The topological polar surface area (TPSA) is 55.1 Å². The highest BCUT2D eigenvalue weighted by molar-refractivity contribution is 5.82. The van der Waals surface area contributed by atoms with Crippen molar-refractivity contribution in [2.24, 2.45) is 0 Å². The van der Waals surface area contributed by atoms with Crippen LogP contribution in [0.3, 0.4) is 0 Å². The van der Waals surface area contributed by atoms with Crippen LogP contribution in [0, 0.1) is 6.92 Å². The van der Waals surface area contributed by atoms with Gasteiger partial charge in [-0.25, -0.2) is 4.79 Å². The van der Waals surface area contributed by atoms with E-state index in [1.807, 2.05) is 26.8 Å². The molecule has 1 heterocycles. The second-order valence-corrected chi connectivity index (χ2v) is 5.52. The van der Waals surface area contributed by atoms with Crippen molar-refractivity contribution in [2.45, 2.75) is 53.0 Å². The van der Waals surface area contributed by atoms with Crippen LogP contribution in [0.2, 0.25) is 0 Å². The summed E-state index contributed by atoms with van der Waals surface area (Å²) in [6.07, 6.45) is 3.31. The molecule has 2 rings (SSSR count). The second-order valence-electron chi connectivity index (χ2n) is 5.52. The summed E-state index contributed by atoms with van der Waals surface area (Å²) in [5, 5.41) is 3.62. The summed E-state index contributed by atoms with van der Waals surface area (Å²) in [5.41, 5.74) is 2.56. The van der Waals surface area contributed by atoms with Crippen LogP contribution in [0.5, 0.6) is 0 Å². The predicted molar refractivity (Wildman–Crippen MR) is 82.4 cm³/mol. The van der Waals surface area contributed by atoms with Crippen LogP contribution < -0.4 is 10.9 Å². The zero-order chi connectivity index (χ0) is 14.7. The van der Waals surface area contributed by atoms with E-state index < -0.39 is 0 Å². The highest BCUT2D eigenvalue weighted by Crippen LogP contribution is 2.19. The smallest absolute Gasteiger partial charge is 0.348 e. The van der Waals surface area contributed by atoms with Gasteiger partial charge in [0.25, 0.3) is 6.01 Å². The second kappa shape index (κ2) is 6.07. The van der Waals surface area contributed by atoms with E-state index in [1.54, 1.807) is 0 Å². The van der Waals surface area contributed by atoms with Crippen molar-refractivity contribution >= 4 is 16.9 Å². The number of hydrogen-bond acceptors (Lipinski definition) is 4. The first-order chi connectivity index (χ1) is 9.51. The van der Waals surface area contributed by atoms with Gasteiger partial charge in [-0.1, -0.05) is 19.4 Å². The van der Waals surface area contributed by atoms with Crippen LogP contribution in [0.4, 0.5) is 6.01 Å². The monoisotopic (exact) mass is 274 g/mol. The Labute approximate surface area is 119 Å². The number of unbranched alkanes of at least 4 members (excludes halogenated alkanes) is 1. The number of hydrogen-bond donors (Lipinski definition) is 1. The van der Waals surface area contributed by atoms with Gasteiger partial charge in [0.1, 0.15) is 0 Å². The molecular formula is C16H22N2O2. The molecule has 0 aliphatic carbocycles. The average molecular weight is 274 g/mol. The van der Waals surface area contributed by atoms with Crippen molar-refractivity contribution in [1.82, 2.24) is 4.98 Å². The fourth-order valence-electron chi connectivity index (χ4n) is 2.30. The first kappa shape index (κ1) is 14.6. The molecule has 108 valence electrons. The fourth-order valence-corrected chi connectivity index (χ4v) is 2.30. The van der Waals surface area contributed by atoms with E-state index in [2.05, 4.69) is 23.3 Å². The molecule has 0 fully saturated rings. The summed E-state index contributed by atoms with van der Waals surface area (Å²) in [4.78, 5) is 16.5. The molecule has 0 saturated carbocycles. The van der Waals surface area contributed by atoms with Crippen molar-refractivity contribution in [3.63, 3.8) is 0 Å². The summed E-state index contributed by atoms with van der Waals surface area (Å²) >= 11 is 0. The molecular weight excluding hydrogens is 252 g/mol. The summed E-state index contributed by atoms with van der Waals surface area (Å²) < 4.78 is 5.23. The van der Waals surface area contributed by atoms with Crippen molar-refractivity contribution in [2.75, 3.05) is 5.32 Å². The lowest BCUT2D eigenvalue weighted by atomic mass is 10.0. The lowest BCUT2D eigenvalue weighted by molar-refractivity contribution is 0.511. The Kier molecular flexibility index (Phi) is 4.42. The maximum Gasteiger partial charge on any atom is 0.348 e. The Balaban J connectivity index is 2.52. The van der Waals surface area contributed by atoms with Gasteiger partial charge in [0.05, 0.1) is 10.9 Å². The first-order valence-electron chi connectivity index (χ1n) is 7.22. The number of aryl methyl sites for hydroxylation is 2. The van der Waals surface area contributed by atoms with E-state index in [9.17, 15) is 4.79 Å².